The third-order valence-electron chi connectivity index (χ3n) is 9.51. The number of nitrogens with zero attached hydrogens (tertiary/aromatic N) is 13. The molecule has 0 saturated heterocycles. The number of primary amides is 4. The molecule has 30 heteroatoms. The summed E-state index contributed by atoms with van der Waals surface area (Å²) in [5, 5.41) is 38.3. The van der Waals surface area contributed by atoms with Gasteiger partial charge in [0.25, 0.3) is 0 Å². The zero-order chi connectivity index (χ0) is 61.1. The van der Waals surface area contributed by atoms with Gasteiger partial charge in [-0.3, -0.25) is 24.2 Å². The molecule has 4 heterocycles. The zero-order valence-electron chi connectivity index (χ0n) is 45.7. The van der Waals surface area contributed by atoms with Crippen molar-refractivity contribution in [1.82, 2.24) is 25.3 Å². The quantitative estimate of drug-likeness (QED) is 0.0371. The second kappa shape index (κ2) is 37.3. The van der Waals surface area contributed by atoms with Gasteiger partial charge in [0.2, 0.25) is 40.5 Å². The molecule has 0 saturated carbocycles. The van der Waals surface area contributed by atoms with Crippen molar-refractivity contribution in [1.29, 1.82) is 21.0 Å². The number of aryl methyl sites for hydroxylation is 1. The third-order valence-corrected chi connectivity index (χ3v) is 13.3. The number of anilines is 3. The van der Waals surface area contributed by atoms with Gasteiger partial charge in [-0.2, -0.15) is 21.0 Å². The van der Waals surface area contributed by atoms with Crippen molar-refractivity contribution in [2.24, 2.45) is 22.9 Å². The van der Waals surface area contributed by atoms with Crippen LogP contribution in [0.5, 0.6) is 0 Å². The van der Waals surface area contributed by atoms with Crippen LogP contribution < -0.4 is 74.2 Å². The van der Waals surface area contributed by atoms with Crippen molar-refractivity contribution in [2.75, 3.05) is 44.6 Å². The average molecular weight is 1180 g/mol. The van der Waals surface area contributed by atoms with Crippen LogP contribution in [-0.2, 0) is 31.8 Å². The van der Waals surface area contributed by atoms with Gasteiger partial charge in [-0.25, -0.2) is 34.3 Å². The average Bonchev–Trinajstić information content (AvgIpc) is 3.35. The molecular weight excluding hydrogens is 1120 g/mol. The van der Waals surface area contributed by atoms with Crippen molar-refractivity contribution in [3.63, 3.8) is 0 Å². The summed E-state index contributed by atoms with van der Waals surface area (Å²) >= 11 is 13.4. The number of nitrogens with two attached hydrogens (primary N) is 6. The Kier molecular flexibility index (Phi) is 35.7. The number of rotatable bonds is 11. The number of hydrogen-bond donors (Lipinski definition) is 7. The van der Waals surface area contributed by atoms with Gasteiger partial charge >= 0.3 is 29.6 Å². The normalized spacial score (nSPS) is 10.8. The van der Waals surface area contributed by atoms with Crippen LogP contribution in [0.15, 0.2) is 15.1 Å². The molecule has 0 aliphatic rings. The number of nitrogens with one attached hydrogen (secondary N) is 1. The number of hydrogen-bond acceptors (Lipinski definition) is 20. The van der Waals surface area contributed by atoms with E-state index >= 15 is 0 Å². The van der Waals surface area contributed by atoms with Crippen molar-refractivity contribution in [3.8, 4) is 24.3 Å². The van der Waals surface area contributed by atoms with E-state index in [1.165, 1.54) is 0 Å². The molecule has 4 amide bonds. The number of nitrogen functional groups attached to an aromatic ring is 2. The smallest absolute Gasteiger partial charge is 0.780 e. The molecule has 0 fully saturated rings. The van der Waals surface area contributed by atoms with Gasteiger partial charge < -0.3 is 57.2 Å². The SMILES string of the molecule is CC([S-])C(N)=O.CNC.[C-]#[N+]c1c(C)nc(SC(C)C(N)=O)c(C#N)c1C.[C-]#[N+]c1c(N(C)C)nc(SC(C)C(N)=O)c(C#N)c1C.[C-]#[N+]c1c(N)nc(Cl)c(C#N)c1C.[C-]#[N+]c1c(N)nc(SC(C)C(N)=O)c(C#N)c1C.[Na+]. The molecule has 0 aromatic carbocycles. The number of carbonyl (C=O) groups is 4. The molecule has 4 rings (SSSR count). The van der Waals surface area contributed by atoms with Crippen LogP contribution >= 0.6 is 46.9 Å². The second-order valence-electron chi connectivity index (χ2n) is 15.5. The van der Waals surface area contributed by atoms with Crippen LogP contribution in [0.4, 0.5) is 40.2 Å². The van der Waals surface area contributed by atoms with E-state index in [-0.39, 0.29) is 68.8 Å². The molecule has 24 nitrogen and oxygen atoms in total. The van der Waals surface area contributed by atoms with Crippen molar-refractivity contribution in [3.05, 3.63) is 101 Å². The summed E-state index contributed by atoms with van der Waals surface area (Å²) in [5.74, 6) is -1.26. The number of nitriles is 4. The Balaban J connectivity index is -0.000000928. The zero-order valence-corrected chi connectivity index (χ0v) is 51.8. The van der Waals surface area contributed by atoms with Gasteiger partial charge in [0, 0.05) is 19.8 Å². The van der Waals surface area contributed by atoms with Gasteiger partial charge in [-0.05, 0) is 91.7 Å². The van der Waals surface area contributed by atoms with Crippen LogP contribution in [0.2, 0.25) is 5.15 Å². The molecule has 4 unspecified atom stereocenters. The van der Waals surface area contributed by atoms with E-state index in [0.29, 0.717) is 71.3 Å². The van der Waals surface area contributed by atoms with Crippen LogP contribution in [0.25, 0.3) is 19.4 Å². The summed E-state index contributed by atoms with van der Waals surface area (Å²) in [5.41, 5.74) is 36.3. The summed E-state index contributed by atoms with van der Waals surface area (Å²) in [6.45, 7) is 43.0. The number of carbonyl (C=O) groups excluding carboxylic acids is 4. The Morgan fingerprint density at radius 2 is 0.848 bits per heavy atom. The topological polar surface area (TPSA) is 404 Å². The minimum Gasteiger partial charge on any atom is -0.780 e. The molecular formula is C49H56ClN20NaO4S4. The summed E-state index contributed by atoms with van der Waals surface area (Å²) in [7, 11) is 7.29. The predicted octanol–water partition coefficient (Wildman–Crippen LogP) is 3.59. The molecule has 4 atom stereocenters. The summed E-state index contributed by atoms with van der Waals surface area (Å²) < 4.78 is 0. The van der Waals surface area contributed by atoms with E-state index in [1.807, 2.05) is 32.3 Å². The minimum atomic E-state index is -0.526. The molecule has 4 aromatic rings. The molecule has 0 radical (unpaired) electrons. The van der Waals surface area contributed by atoms with E-state index in [2.05, 4.69) is 63.3 Å². The molecule has 13 N–H and O–H groups in total. The number of halogens is 1. The van der Waals surface area contributed by atoms with Crippen LogP contribution in [0.3, 0.4) is 0 Å². The Hall–Kier alpha value is -7.55. The fourth-order valence-electron chi connectivity index (χ4n) is 5.18. The number of pyridine rings is 4. The van der Waals surface area contributed by atoms with Crippen LogP contribution in [0, 0.1) is 106 Å². The molecule has 408 valence electrons. The van der Waals surface area contributed by atoms with Gasteiger partial charge in [-0.15, -0.1) is 0 Å². The number of aromatic nitrogens is 4. The standard InChI is InChI=1S/C13H15N5OS.C12H12N4OS.C11H11N5OS.C8H5ClN4.C3H7NOS.C2H7N.Na/c1-7-9(6-14)13(20-8(2)11(15)19)17-12(18(4)5)10(7)16-3;1-6-9(5-13)12(18-8(3)11(14)17)16-7(2)10(6)15-4;1-5-7(4-12)11(18-6(2)10(14)17)16-9(13)8(5)15-3;1-4-5(3-10)7(9)13-8(11)6(4)12-2;1-2(6)3(4)5;1-3-2;/h8H,1-2,4-5H3,(H2,15,19);8H,1-3H3,(H2,14,17);6H,1-2H3,(H2,13,16)(H2,14,17);1H3,(H2,11,13);2,6H,1H3,(H2,4,5);3H,1-2H3;/q;;;;;;+1/p-1. The van der Waals surface area contributed by atoms with E-state index in [9.17, 15) is 24.4 Å². The predicted molar refractivity (Wildman–Crippen MR) is 307 cm³/mol. The van der Waals surface area contributed by atoms with Gasteiger partial charge in [-0.1, -0.05) is 59.1 Å². The van der Waals surface area contributed by atoms with Gasteiger partial charge in [0.05, 0.1) is 64.3 Å². The first-order chi connectivity index (χ1) is 36.3. The number of amides is 4. The molecule has 4 aromatic heterocycles. The summed E-state index contributed by atoms with van der Waals surface area (Å²) in [6.07, 6.45) is 0. The van der Waals surface area contributed by atoms with Crippen molar-refractivity contribution in [2.45, 2.75) is 98.4 Å². The van der Waals surface area contributed by atoms with Crippen LogP contribution in [-0.4, -0.2) is 92.8 Å². The fraction of sp³-hybridized carbons (Fsp3) is 0.347. The molecule has 0 bridgehead atoms. The Morgan fingerprint density at radius 1 is 0.570 bits per heavy atom. The van der Waals surface area contributed by atoms with Gasteiger partial charge in [0.1, 0.15) is 62.0 Å². The minimum absolute atomic E-state index is 0. The second-order valence-corrected chi connectivity index (χ2v) is 20.6. The maximum absolute atomic E-state index is 11.2. The van der Waals surface area contributed by atoms with E-state index in [1.54, 1.807) is 81.3 Å². The maximum Gasteiger partial charge on any atom is 1.00 e. The monoisotopic (exact) mass is 1170 g/mol. The largest absolute Gasteiger partial charge is 1.00 e. The first-order valence-electron chi connectivity index (χ1n) is 21.8. The molecule has 0 aliphatic heterocycles. The Bertz CT molecular complexity index is 3110. The summed E-state index contributed by atoms with van der Waals surface area (Å²) in [6, 6.07) is 7.93. The first kappa shape index (κ1) is 75.7. The van der Waals surface area contributed by atoms with E-state index in [0.717, 1.165) is 35.3 Å². The van der Waals surface area contributed by atoms with E-state index < -0.39 is 44.6 Å². The first-order valence-corrected chi connectivity index (χ1v) is 25.3. The third kappa shape index (κ3) is 22.8. The number of thioether (sulfide) groups is 3. The molecule has 79 heavy (non-hydrogen) atoms. The van der Waals surface area contributed by atoms with Crippen molar-refractivity contribution < 1.29 is 48.7 Å². The Morgan fingerprint density at radius 3 is 1.14 bits per heavy atom. The Labute approximate surface area is 505 Å². The molecule has 0 aliphatic carbocycles. The van der Waals surface area contributed by atoms with Crippen molar-refractivity contribution >= 4 is 123 Å². The van der Waals surface area contributed by atoms with Crippen LogP contribution in [0.1, 0.15) is 77.9 Å². The molecule has 0 spiro atoms. The van der Waals surface area contributed by atoms with Gasteiger partial charge in [0.15, 0.2) is 5.91 Å². The summed E-state index contributed by atoms with van der Waals surface area (Å²) in [4.78, 5) is 74.2. The van der Waals surface area contributed by atoms with E-state index in [4.69, 9.17) is 88.1 Å². The maximum atomic E-state index is 11.2. The fourth-order valence-corrected chi connectivity index (χ4v) is 8.24.